The number of carbonyl (C=O) groups is 3. The molecule has 1 heterocycles. The fraction of sp³-hybridized carbons (Fsp3) is 0.423. The zero-order valence-electron chi connectivity index (χ0n) is 18.4. The predicted molar refractivity (Wildman–Crippen MR) is 118 cm³/mol. The Balaban J connectivity index is 1.48. The Morgan fingerprint density at radius 3 is 2.10 bits per heavy atom. The minimum Gasteiger partial charge on any atom is -0.460 e. The summed E-state index contributed by atoms with van der Waals surface area (Å²) in [6.07, 6.45) is 3.94. The molecule has 2 aromatic carbocycles. The number of esters is 1. The minimum atomic E-state index is -0.491. The van der Waals surface area contributed by atoms with E-state index in [4.69, 9.17) is 4.74 Å². The smallest absolute Gasteiger partial charge is 0.310 e. The van der Waals surface area contributed by atoms with E-state index >= 15 is 0 Å². The van der Waals surface area contributed by atoms with Crippen LogP contribution in [0.5, 0.6) is 0 Å². The molecule has 2 aromatic rings. The number of benzene rings is 2. The second-order valence-corrected chi connectivity index (χ2v) is 9.51. The Morgan fingerprint density at radius 1 is 0.935 bits per heavy atom. The van der Waals surface area contributed by atoms with Gasteiger partial charge in [-0.05, 0) is 62.8 Å². The molecule has 5 heteroatoms. The molecule has 162 valence electrons. The number of nitrogens with zero attached hydrogens (tertiary/aromatic N) is 1. The van der Waals surface area contributed by atoms with E-state index in [0.29, 0.717) is 11.1 Å². The van der Waals surface area contributed by atoms with Crippen molar-refractivity contribution < 1.29 is 19.1 Å². The van der Waals surface area contributed by atoms with Crippen molar-refractivity contribution in [2.45, 2.75) is 64.5 Å². The van der Waals surface area contributed by atoms with Crippen LogP contribution in [-0.2, 0) is 16.1 Å². The zero-order valence-corrected chi connectivity index (χ0v) is 18.4. The van der Waals surface area contributed by atoms with Crippen molar-refractivity contribution in [1.82, 2.24) is 4.90 Å². The SMILES string of the molecule is CC(C)(C)OC(=O)C1CCCCC1c1ccc(CN2C(=O)c3ccccc3C2=O)cc1. The molecule has 0 spiro atoms. The first kappa shape index (κ1) is 21.3. The molecule has 0 aromatic heterocycles. The molecule has 2 atom stereocenters. The first-order chi connectivity index (χ1) is 14.7. The summed E-state index contributed by atoms with van der Waals surface area (Å²) in [7, 11) is 0. The molecule has 1 aliphatic heterocycles. The third-order valence-corrected chi connectivity index (χ3v) is 6.10. The molecule has 0 radical (unpaired) electrons. The number of hydrogen-bond acceptors (Lipinski definition) is 4. The Hall–Kier alpha value is -2.95. The molecule has 31 heavy (non-hydrogen) atoms. The van der Waals surface area contributed by atoms with E-state index in [-0.39, 0.29) is 36.2 Å². The summed E-state index contributed by atoms with van der Waals surface area (Å²) in [5.74, 6) is -0.608. The van der Waals surface area contributed by atoms with Crippen LogP contribution in [0.25, 0.3) is 0 Å². The molecule has 0 saturated heterocycles. The van der Waals surface area contributed by atoms with Crippen molar-refractivity contribution in [3.63, 3.8) is 0 Å². The maximum atomic E-state index is 12.8. The van der Waals surface area contributed by atoms with Crippen LogP contribution in [0.4, 0.5) is 0 Å². The summed E-state index contributed by atoms with van der Waals surface area (Å²) in [5.41, 5.74) is 2.44. The highest BCUT2D eigenvalue weighted by atomic mass is 16.6. The van der Waals surface area contributed by atoms with Gasteiger partial charge >= 0.3 is 5.97 Å². The van der Waals surface area contributed by atoms with Gasteiger partial charge in [0.2, 0.25) is 0 Å². The fourth-order valence-electron chi connectivity index (χ4n) is 4.62. The largest absolute Gasteiger partial charge is 0.460 e. The Bertz CT molecular complexity index is 968. The van der Waals surface area contributed by atoms with Gasteiger partial charge < -0.3 is 4.74 Å². The van der Waals surface area contributed by atoms with E-state index in [9.17, 15) is 14.4 Å². The van der Waals surface area contributed by atoms with Gasteiger partial charge in [-0.15, -0.1) is 0 Å². The van der Waals surface area contributed by atoms with E-state index in [1.54, 1.807) is 24.3 Å². The summed E-state index contributed by atoms with van der Waals surface area (Å²) < 4.78 is 5.68. The number of rotatable bonds is 4. The van der Waals surface area contributed by atoms with Crippen LogP contribution in [0.1, 0.15) is 84.2 Å². The van der Waals surface area contributed by atoms with Gasteiger partial charge in [0, 0.05) is 0 Å². The second-order valence-electron chi connectivity index (χ2n) is 9.51. The first-order valence-electron chi connectivity index (χ1n) is 11.0. The molecule has 0 bridgehead atoms. The molecular formula is C26H29NO4. The van der Waals surface area contributed by atoms with Gasteiger partial charge in [-0.2, -0.15) is 0 Å². The lowest BCUT2D eigenvalue weighted by Crippen LogP contribution is -2.33. The minimum absolute atomic E-state index is 0.118. The van der Waals surface area contributed by atoms with Crippen molar-refractivity contribution in [3.8, 4) is 0 Å². The van der Waals surface area contributed by atoms with Gasteiger partial charge in [-0.25, -0.2) is 0 Å². The third kappa shape index (κ3) is 4.41. The summed E-state index contributed by atoms with van der Waals surface area (Å²) in [6.45, 7) is 5.94. The molecule has 1 saturated carbocycles. The average molecular weight is 420 g/mol. The first-order valence-corrected chi connectivity index (χ1v) is 11.0. The third-order valence-electron chi connectivity index (χ3n) is 6.10. The number of ether oxygens (including phenoxy) is 1. The zero-order chi connectivity index (χ0) is 22.2. The van der Waals surface area contributed by atoms with Crippen molar-refractivity contribution >= 4 is 17.8 Å². The number of imide groups is 1. The van der Waals surface area contributed by atoms with E-state index in [0.717, 1.165) is 36.8 Å². The van der Waals surface area contributed by atoms with Gasteiger partial charge in [0.1, 0.15) is 5.60 Å². The van der Waals surface area contributed by atoms with Crippen molar-refractivity contribution in [2.75, 3.05) is 0 Å². The van der Waals surface area contributed by atoms with Crippen LogP contribution in [0.3, 0.4) is 0 Å². The fourth-order valence-corrected chi connectivity index (χ4v) is 4.62. The van der Waals surface area contributed by atoms with Gasteiger partial charge in [-0.3, -0.25) is 19.3 Å². The molecule has 1 fully saturated rings. The molecular weight excluding hydrogens is 390 g/mol. The van der Waals surface area contributed by atoms with Crippen LogP contribution in [0.15, 0.2) is 48.5 Å². The molecule has 0 N–H and O–H groups in total. The quantitative estimate of drug-likeness (QED) is 0.511. The van der Waals surface area contributed by atoms with Gasteiger partial charge in [-0.1, -0.05) is 49.2 Å². The second kappa shape index (κ2) is 8.29. The number of amides is 2. The van der Waals surface area contributed by atoms with Crippen LogP contribution in [0.2, 0.25) is 0 Å². The highest BCUT2D eigenvalue weighted by molar-refractivity contribution is 6.21. The Morgan fingerprint density at radius 2 is 1.52 bits per heavy atom. The summed E-state index contributed by atoms with van der Waals surface area (Å²) in [6, 6.07) is 14.9. The van der Waals surface area contributed by atoms with E-state index in [1.165, 1.54) is 4.90 Å². The average Bonchev–Trinajstić information content (AvgIpc) is 2.98. The normalized spacial score (nSPS) is 21.2. The van der Waals surface area contributed by atoms with Crippen LogP contribution in [0, 0.1) is 5.92 Å². The summed E-state index contributed by atoms with van der Waals surface area (Å²) in [5, 5.41) is 0. The monoisotopic (exact) mass is 419 g/mol. The maximum Gasteiger partial charge on any atom is 0.310 e. The Kier molecular flexibility index (Phi) is 5.69. The van der Waals surface area contributed by atoms with E-state index < -0.39 is 5.60 Å². The standard InChI is InChI=1S/C26H29NO4/c1-26(2,3)31-25(30)22-11-7-4-8-19(22)18-14-12-17(13-15-18)16-27-23(28)20-9-5-6-10-21(20)24(27)29/h5-6,9-10,12-15,19,22H,4,7-8,11,16H2,1-3H3. The van der Waals surface area contributed by atoms with Crippen molar-refractivity contribution in [2.24, 2.45) is 5.92 Å². The number of fused-ring (bicyclic) bond motifs is 1. The summed E-state index contributed by atoms with van der Waals surface area (Å²) in [4.78, 5) is 39.3. The lowest BCUT2D eigenvalue weighted by Gasteiger charge is -2.32. The predicted octanol–water partition coefficient (Wildman–Crippen LogP) is 5.10. The van der Waals surface area contributed by atoms with Gasteiger partial charge in [0.15, 0.2) is 0 Å². The molecule has 2 unspecified atom stereocenters. The topological polar surface area (TPSA) is 63.7 Å². The molecule has 4 rings (SSSR count). The van der Waals surface area contributed by atoms with Crippen molar-refractivity contribution in [3.05, 3.63) is 70.8 Å². The lowest BCUT2D eigenvalue weighted by atomic mass is 9.75. The van der Waals surface area contributed by atoms with Crippen LogP contribution >= 0.6 is 0 Å². The molecule has 2 aliphatic rings. The van der Waals surface area contributed by atoms with Crippen molar-refractivity contribution in [1.29, 1.82) is 0 Å². The number of hydrogen-bond donors (Lipinski definition) is 0. The van der Waals surface area contributed by atoms with Crippen LogP contribution in [-0.4, -0.2) is 28.3 Å². The van der Waals surface area contributed by atoms with E-state index in [1.807, 2.05) is 45.0 Å². The highest BCUT2D eigenvalue weighted by Gasteiger charge is 2.36. The van der Waals surface area contributed by atoms with Gasteiger partial charge in [0.05, 0.1) is 23.6 Å². The lowest BCUT2D eigenvalue weighted by molar-refractivity contribution is -0.161. The van der Waals surface area contributed by atoms with E-state index in [2.05, 4.69) is 0 Å². The molecule has 2 amide bonds. The maximum absolute atomic E-state index is 12.8. The van der Waals surface area contributed by atoms with Crippen LogP contribution < -0.4 is 0 Å². The highest BCUT2D eigenvalue weighted by Crippen LogP contribution is 2.39. The molecule has 1 aliphatic carbocycles. The summed E-state index contributed by atoms with van der Waals surface area (Å²) >= 11 is 0. The van der Waals surface area contributed by atoms with Gasteiger partial charge in [0.25, 0.3) is 11.8 Å². The number of carbonyl (C=O) groups excluding carboxylic acids is 3. The molecule has 5 nitrogen and oxygen atoms in total. The Labute approximate surface area is 183 Å².